The molecule has 4 rings (SSSR count). The summed E-state index contributed by atoms with van der Waals surface area (Å²) >= 11 is 0. The van der Waals surface area contributed by atoms with Crippen LogP contribution in [0.15, 0.2) is 18.2 Å². The number of anilines is 2. The fraction of sp³-hybridized carbons (Fsp3) is 0.654. The van der Waals surface area contributed by atoms with Crippen LogP contribution < -0.4 is 10.2 Å². The van der Waals surface area contributed by atoms with Gasteiger partial charge in [-0.3, -0.25) is 10.1 Å². The summed E-state index contributed by atoms with van der Waals surface area (Å²) in [6, 6.07) is 7.80. The maximum Gasteiger partial charge on any atom is 0.411 e. The van der Waals surface area contributed by atoms with Gasteiger partial charge < -0.3 is 19.6 Å². The maximum atomic E-state index is 13.6. The van der Waals surface area contributed by atoms with Gasteiger partial charge in [-0.15, -0.1) is 0 Å². The van der Waals surface area contributed by atoms with Crippen LogP contribution in [0, 0.1) is 22.7 Å². The third-order valence-electron chi connectivity index (χ3n) is 7.48. The zero-order valence-electron chi connectivity index (χ0n) is 20.3. The highest BCUT2D eigenvalue weighted by atomic mass is 16.5. The summed E-state index contributed by atoms with van der Waals surface area (Å²) < 4.78 is 5.17. The summed E-state index contributed by atoms with van der Waals surface area (Å²) in [5.41, 5.74) is 1.39. The van der Waals surface area contributed by atoms with Gasteiger partial charge in [0.2, 0.25) is 5.91 Å². The van der Waals surface area contributed by atoms with Gasteiger partial charge in [0, 0.05) is 31.4 Å². The van der Waals surface area contributed by atoms with Gasteiger partial charge in [0.05, 0.1) is 29.4 Å². The minimum Gasteiger partial charge on any atom is -0.449 e. The summed E-state index contributed by atoms with van der Waals surface area (Å²) in [4.78, 5) is 29.8. The SMILES string of the molecule is CC(C)COC(=O)Nc1ccc(N2CCC[C@@]3(CCN([C@H]4CC[C@H](O)CC4)C3=O)C2)c(C#N)c1. The smallest absolute Gasteiger partial charge is 0.411 e. The molecule has 34 heavy (non-hydrogen) atoms. The number of carbonyl (C=O) groups is 2. The minimum absolute atomic E-state index is 0.230. The lowest BCUT2D eigenvalue weighted by atomic mass is 9.78. The van der Waals surface area contributed by atoms with Crippen molar-refractivity contribution in [1.82, 2.24) is 4.90 Å². The van der Waals surface area contributed by atoms with Crippen molar-refractivity contribution in [3.63, 3.8) is 0 Å². The lowest BCUT2D eigenvalue weighted by Crippen LogP contribution is -2.50. The van der Waals surface area contributed by atoms with Crippen molar-refractivity contribution in [1.29, 1.82) is 5.26 Å². The van der Waals surface area contributed by atoms with Crippen molar-refractivity contribution in [2.45, 2.75) is 70.9 Å². The van der Waals surface area contributed by atoms with E-state index >= 15 is 0 Å². The number of likely N-dealkylation sites (tertiary alicyclic amines) is 1. The van der Waals surface area contributed by atoms with Crippen LogP contribution in [-0.4, -0.2) is 60.4 Å². The summed E-state index contributed by atoms with van der Waals surface area (Å²) in [5, 5.41) is 22.3. The predicted molar refractivity (Wildman–Crippen MR) is 129 cm³/mol. The fourth-order valence-electron chi connectivity index (χ4n) is 5.66. The van der Waals surface area contributed by atoms with Crippen LogP contribution in [0.1, 0.15) is 64.4 Å². The number of nitrogens with zero attached hydrogens (tertiary/aromatic N) is 3. The molecule has 8 nitrogen and oxygen atoms in total. The Morgan fingerprint density at radius 3 is 2.74 bits per heavy atom. The van der Waals surface area contributed by atoms with Crippen LogP contribution >= 0.6 is 0 Å². The molecule has 1 atom stereocenters. The number of benzene rings is 1. The number of piperidine rings is 1. The highest BCUT2D eigenvalue weighted by Gasteiger charge is 2.50. The quantitative estimate of drug-likeness (QED) is 0.679. The first-order valence-corrected chi connectivity index (χ1v) is 12.5. The lowest BCUT2D eigenvalue weighted by Gasteiger charge is -2.41. The zero-order chi connectivity index (χ0) is 24.3. The topological polar surface area (TPSA) is 106 Å². The van der Waals surface area contributed by atoms with E-state index in [0.29, 0.717) is 24.4 Å². The second kappa shape index (κ2) is 10.2. The number of aliphatic hydroxyl groups excluding tert-OH is 1. The standard InChI is InChI=1S/C26H36N4O4/c1-18(2)16-34-25(33)28-20-4-9-23(19(14-20)15-27)29-12-3-10-26(17-29)11-13-30(24(26)32)21-5-7-22(31)8-6-21/h4,9,14,18,21-22,31H,3,5-8,10-13,16-17H2,1-2H3,(H,28,33)/t21-,22-,26-/m1/s1. The van der Waals surface area contributed by atoms with Gasteiger partial charge in [0.15, 0.2) is 0 Å². The lowest BCUT2D eigenvalue weighted by molar-refractivity contribution is -0.139. The van der Waals surface area contributed by atoms with E-state index in [4.69, 9.17) is 4.74 Å². The van der Waals surface area contributed by atoms with Gasteiger partial charge in [-0.05, 0) is 69.1 Å². The summed E-state index contributed by atoms with van der Waals surface area (Å²) in [5.74, 6) is 0.483. The van der Waals surface area contributed by atoms with E-state index < -0.39 is 11.5 Å². The van der Waals surface area contributed by atoms with Crippen molar-refractivity contribution in [3.05, 3.63) is 23.8 Å². The highest BCUT2D eigenvalue weighted by molar-refractivity contribution is 5.87. The Labute approximate surface area is 201 Å². The van der Waals surface area contributed by atoms with Crippen molar-refractivity contribution < 1.29 is 19.4 Å². The second-order valence-electron chi connectivity index (χ2n) is 10.5. The molecule has 3 aliphatic rings. The molecule has 184 valence electrons. The molecule has 0 aromatic heterocycles. The molecule has 1 saturated carbocycles. The van der Waals surface area contributed by atoms with E-state index in [2.05, 4.69) is 21.2 Å². The molecule has 1 spiro atoms. The van der Waals surface area contributed by atoms with Gasteiger partial charge >= 0.3 is 6.09 Å². The Balaban J connectivity index is 1.45. The van der Waals surface area contributed by atoms with Crippen molar-refractivity contribution in [2.24, 2.45) is 11.3 Å². The van der Waals surface area contributed by atoms with E-state index in [0.717, 1.165) is 63.7 Å². The minimum atomic E-state index is -0.533. The molecule has 0 radical (unpaired) electrons. The fourth-order valence-corrected chi connectivity index (χ4v) is 5.66. The summed E-state index contributed by atoms with van der Waals surface area (Å²) in [6.07, 6.45) is 5.13. The molecule has 2 saturated heterocycles. The van der Waals surface area contributed by atoms with Crippen LogP contribution in [0.25, 0.3) is 0 Å². The Hall–Kier alpha value is -2.79. The molecule has 2 N–H and O–H groups in total. The van der Waals surface area contributed by atoms with Crippen LogP contribution in [0.5, 0.6) is 0 Å². The molecule has 1 aliphatic carbocycles. The molecule has 0 unspecified atom stereocenters. The first-order valence-electron chi connectivity index (χ1n) is 12.5. The van der Waals surface area contributed by atoms with Gasteiger partial charge in [0.1, 0.15) is 6.07 Å². The van der Waals surface area contributed by atoms with E-state index in [1.807, 2.05) is 19.9 Å². The first kappa shape index (κ1) is 24.3. The molecule has 2 aliphatic heterocycles. The van der Waals surface area contributed by atoms with Crippen molar-refractivity contribution in [2.75, 3.05) is 36.5 Å². The van der Waals surface area contributed by atoms with E-state index in [1.54, 1.807) is 12.1 Å². The monoisotopic (exact) mass is 468 g/mol. The molecular formula is C26H36N4O4. The number of nitrogens with one attached hydrogen (secondary N) is 1. The predicted octanol–water partition coefficient (Wildman–Crippen LogP) is 3.89. The number of aliphatic hydroxyl groups is 1. The van der Waals surface area contributed by atoms with Crippen LogP contribution in [-0.2, 0) is 9.53 Å². The zero-order valence-corrected chi connectivity index (χ0v) is 20.3. The molecule has 0 bridgehead atoms. The van der Waals surface area contributed by atoms with Gasteiger partial charge in [-0.2, -0.15) is 5.26 Å². The van der Waals surface area contributed by atoms with Crippen LogP contribution in [0.4, 0.5) is 16.2 Å². The van der Waals surface area contributed by atoms with Crippen molar-refractivity contribution in [3.8, 4) is 6.07 Å². The molecule has 1 aromatic carbocycles. The normalized spacial score (nSPS) is 27.2. The molecule has 8 heteroatoms. The Kier molecular flexibility index (Phi) is 7.32. The number of ether oxygens (including phenoxy) is 1. The van der Waals surface area contributed by atoms with Gasteiger partial charge in [-0.1, -0.05) is 13.8 Å². The molecular weight excluding hydrogens is 432 g/mol. The van der Waals surface area contributed by atoms with Crippen LogP contribution in [0.3, 0.4) is 0 Å². The molecule has 1 aromatic rings. The number of hydrogen-bond donors (Lipinski definition) is 2. The Morgan fingerprint density at radius 2 is 2.03 bits per heavy atom. The number of rotatable bonds is 5. The summed E-state index contributed by atoms with van der Waals surface area (Å²) in [6.45, 7) is 6.44. The van der Waals surface area contributed by atoms with Crippen LogP contribution in [0.2, 0.25) is 0 Å². The average molecular weight is 469 g/mol. The third-order valence-corrected chi connectivity index (χ3v) is 7.48. The largest absolute Gasteiger partial charge is 0.449 e. The number of nitriles is 1. The van der Waals surface area contributed by atoms with E-state index in [9.17, 15) is 20.0 Å². The Bertz CT molecular complexity index is 951. The molecule has 2 amide bonds. The van der Waals surface area contributed by atoms with Crippen molar-refractivity contribution >= 4 is 23.4 Å². The Morgan fingerprint density at radius 1 is 1.26 bits per heavy atom. The second-order valence-corrected chi connectivity index (χ2v) is 10.5. The highest BCUT2D eigenvalue weighted by Crippen LogP contribution is 2.44. The number of hydrogen-bond acceptors (Lipinski definition) is 6. The van der Waals surface area contributed by atoms with Gasteiger partial charge in [0.25, 0.3) is 0 Å². The third kappa shape index (κ3) is 5.15. The first-order chi connectivity index (χ1) is 16.3. The van der Waals surface area contributed by atoms with Gasteiger partial charge in [-0.25, -0.2) is 4.79 Å². The maximum absolute atomic E-state index is 13.6. The molecule has 2 heterocycles. The average Bonchev–Trinajstić information content (AvgIpc) is 3.13. The number of carbonyl (C=O) groups excluding carboxylic acids is 2. The number of amides is 2. The van der Waals surface area contributed by atoms with E-state index in [1.165, 1.54) is 0 Å². The summed E-state index contributed by atoms with van der Waals surface area (Å²) in [7, 11) is 0. The van der Waals surface area contributed by atoms with E-state index in [-0.39, 0.29) is 24.0 Å². The molecule has 3 fully saturated rings.